The molecule has 0 aliphatic carbocycles. The van der Waals surface area contributed by atoms with Crippen LogP contribution >= 0.6 is 27.5 Å². The highest BCUT2D eigenvalue weighted by Gasteiger charge is 2.27. The molecule has 0 heterocycles. The van der Waals surface area contributed by atoms with Gasteiger partial charge in [-0.2, -0.15) is 8.78 Å². The van der Waals surface area contributed by atoms with E-state index in [0.29, 0.717) is 15.6 Å². The Kier molecular flexibility index (Phi) is 3.50. The number of hydrogen-bond acceptors (Lipinski definition) is 1. The monoisotopic (exact) mass is 282 g/mol. The van der Waals surface area contributed by atoms with Crippen LogP contribution in [-0.4, -0.2) is 6.11 Å². The molecule has 0 bridgehead atoms. The van der Waals surface area contributed by atoms with Crippen LogP contribution < -0.4 is 4.74 Å². The molecule has 0 N–H and O–H groups in total. The minimum Gasteiger partial charge on any atom is -0.428 e. The van der Waals surface area contributed by atoms with E-state index in [1.165, 1.54) is 18.2 Å². The maximum absolute atomic E-state index is 12.7. The van der Waals surface area contributed by atoms with Gasteiger partial charge in [-0.1, -0.05) is 18.2 Å². The van der Waals surface area contributed by atoms with Crippen LogP contribution in [0.2, 0.25) is 5.02 Å². The van der Waals surface area contributed by atoms with Crippen molar-refractivity contribution in [3.63, 3.8) is 0 Å². The zero-order chi connectivity index (χ0) is 10.8. The summed E-state index contributed by atoms with van der Waals surface area (Å²) >= 11 is 8.68. The van der Waals surface area contributed by atoms with Crippen LogP contribution in [0.25, 0.3) is 0 Å². The van der Waals surface area contributed by atoms with Crippen molar-refractivity contribution < 1.29 is 13.5 Å². The van der Waals surface area contributed by atoms with Crippen molar-refractivity contribution in [1.29, 1.82) is 0 Å². The number of hydrogen-bond donors (Lipinski definition) is 0. The number of rotatable bonds is 3. The first kappa shape index (κ1) is 11.5. The van der Waals surface area contributed by atoms with E-state index in [0.717, 1.165) is 0 Å². The zero-order valence-corrected chi connectivity index (χ0v) is 9.28. The van der Waals surface area contributed by atoms with Crippen LogP contribution in [0, 0.1) is 0 Å². The summed E-state index contributed by atoms with van der Waals surface area (Å²) in [4.78, 5) is 0. The Balaban J connectivity index is 2.92. The molecule has 0 aliphatic heterocycles. The molecule has 0 amide bonds. The lowest BCUT2D eigenvalue weighted by atomic mass is 10.3. The predicted octanol–water partition coefficient (Wildman–Crippen LogP) is 4.26. The average molecular weight is 283 g/mol. The topological polar surface area (TPSA) is 9.23 Å². The Labute approximate surface area is 93.5 Å². The predicted molar refractivity (Wildman–Crippen MR) is 54.9 cm³/mol. The molecule has 1 rings (SSSR count). The Morgan fingerprint density at radius 3 is 2.64 bits per heavy atom. The first-order chi connectivity index (χ1) is 6.44. The molecule has 1 nitrogen and oxygen atoms in total. The summed E-state index contributed by atoms with van der Waals surface area (Å²) in [7, 11) is 0. The molecule has 0 spiro atoms. The highest BCUT2D eigenvalue weighted by Crippen LogP contribution is 2.31. The quantitative estimate of drug-likeness (QED) is 0.753. The van der Waals surface area contributed by atoms with Crippen molar-refractivity contribution in [2.24, 2.45) is 0 Å². The highest BCUT2D eigenvalue weighted by atomic mass is 79.9. The summed E-state index contributed by atoms with van der Waals surface area (Å²) in [6.45, 7) is 2.96. The first-order valence-corrected chi connectivity index (χ1v) is 4.77. The Morgan fingerprint density at radius 2 is 2.14 bits per heavy atom. The van der Waals surface area contributed by atoms with Gasteiger partial charge in [-0.3, -0.25) is 0 Å². The molecule has 14 heavy (non-hydrogen) atoms. The van der Waals surface area contributed by atoms with Gasteiger partial charge in [-0.05, 0) is 34.1 Å². The lowest BCUT2D eigenvalue weighted by molar-refractivity contribution is -0.131. The summed E-state index contributed by atoms with van der Waals surface area (Å²) in [6.07, 6.45) is -2.95. The molecular weight excluding hydrogens is 277 g/mol. The number of alkyl halides is 2. The van der Waals surface area contributed by atoms with Gasteiger partial charge in [0, 0.05) is 11.1 Å². The number of halogens is 4. The van der Waals surface area contributed by atoms with E-state index < -0.39 is 6.11 Å². The standard InChI is InChI=1S/C9H6BrClF2O/c1-2-9(12,13)14-8-4-3-6(11)5-7(8)10/h2-5H,1H2. The van der Waals surface area contributed by atoms with Crippen molar-refractivity contribution in [1.82, 2.24) is 0 Å². The summed E-state index contributed by atoms with van der Waals surface area (Å²) in [5, 5.41) is 0.436. The lowest BCUT2D eigenvalue weighted by Crippen LogP contribution is -2.20. The average Bonchev–Trinajstić information content (AvgIpc) is 2.10. The molecular formula is C9H6BrClF2O. The second kappa shape index (κ2) is 4.28. The Bertz CT molecular complexity index is 355. The van der Waals surface area contributed by atoms with Crippen LogP contribution in [-0.2, 0) is 0 Å². The van der Waals surface area contributed by atoms with E-state index in [-0.39, 0.29) is 5.75 Å². The third kappa shape index (κ3) is 2.96. The minimum atomic E-state index is -3.38. The van der Waals surface area contributed by atoms with Gasteiger partial charge >= 0.3 is 6.11 Å². The van der Waals surface area contributed by atoms with E-state index in [4.69, 9.17) is 11.6 Å². The van der Waals surface area contributed by atoms with Gasteiger partial charge < -0.3 is 4.74 Å². The van der Waals surface area contributed by atoms with Gasteiger partial charge in [0.15, 0.2) is 0 Å². The van der Waals surface area contributed by atoms with Crippen LogP contribution in [0.1, 0.15) is 0 Å². The van der Waals surface area contributed by atoms with Crippen LogP contribution in [0.3, 0.4) is 0 Å². The second-order valence-electron chi connectivity index (χ2n) is 2.44. The van der Waals surface area contributed by atoms with Crippen molar-refractivity contribution in [3.05, 3.63) is 40.3 Å². The molecule has 0 saturated heterocycles. The molecule has 0 unspecified atom stereocenters. The largest absolute Gasteiger partial charge is 0.428 e. The van der Waals surface area contributed by atoms with E-state index in [1.54, 1.807) is 0 Å². The van der Waals surface area contributed by atoms with Crippen LogP contribution in [0.15, 0.2) is 35.3 Å². The van der Waals surface area contributed by atoms with E-state index >= 15 is 0 Å². The molecule has 5 heteroatoms. The van der Waals surface area contributed by atoms with Gasteiger partial charge in [0.05, 0.1) is 4.47 Å². The van der Waals surface area contributed by atoms with Crippen molar-refractivity contribution >= 4 is 27.5 Å². The number of ether oxygens (including phenoxy) is 1. The smallest absolute Gasteiger partial charge is 0.419 e. The fourth-order valence-electron chi connectivity index (χ4n) is 0.746. The van der Waals surface area contributed by atoms with E-state index in [2.05, 4.69) is 27.2 Å². The summed E-state index contributed by atoms with van der Waals surface area (Å²) < 4.78 is 30.2. The fourth-order valence-corrected chi connectivity index (χ4v) is 1.51. The molecule has 1 aromatic rings. The van der Waals surface area contributed by atoms with Gasteiger partial charge in [-0.15, -0.1) is 0 Å². The third-order valence-electron chi connectivity index (χ3n) is 1.38. The maximum atomic E-state index is 12.7. The lowest BCUT2D eigenvalue weighted by Gasteiger charge is -2.14. The molecule has 76 valence electrons. The SMILES string of the molecule is C=CC(F)(F)Oc1ccc(Cl)cc1Br. The van der Waals surface area contributed by atoms with Gasteiger partial charge in [0.25, 0.3) is 0 Å². The Hall–Kier alpha value is -0.610. The third-order valence-corrected chi connectivity index (χ3v) is 2.23. The Morgan fingerprint density at radius 1 is 1.50 bits per heavy atom. The molecule has 0 saturated carbocycles. The first-order valence-electron chi connectivity index (χ1n) is 3.60. The van der Waals surface area contributed by atoms with Gasteiger partial charge in [-0.25, -0.2) is 0 Å². The summed E-state index contributed by atoms with van der Waals surface area (Å²) in [5.41, 5.74) is 0. The van der Waals surface area contributed by atoms with E-state index in [1.807, 2.05) is 0 Å². The molecule has 0 aromatic heterocycles. The zero-order valence-electron chi connectivity index (χ0n) is 6.94. The molecule has 0 fully saturated rings. The van der Waals surface area contributed by atoms with Crippen molar-refractivity contribution in [3.8, 4) is 5.75 Å². The highest BCUT2D eigenvalue weighted by molar-refractivity contribution is 9.10. The summed E-state index contributed by atoms with van der Waals surface area (Å²) in [5.74, 6) is 0.0132. The van der Waals surface area contributed by atoms with Crippen molar-refractivity contribution in [2.45, 2.75) is 6.11 Å². The molecule has 1 aromatic carbocycles. The second-order valence-corrected chi connectivity index (χ2v) is 3.73. The molecule has 0 radical (unpaired) electrons. The van der Waals surface area contributed by atoms with Gasteiger partial charge in [0.2, 0.25) is 0 Å². The van der Waals surface area contributed by atoms with Gasteiger partial charge in [0.1, 0.15) is 5.75 Å². The number of benzene rings is 1. The molecule has 0 atom stereocenters. The molecule has 0 aliphatic rings. The normalized spacial score (nSPS) is 11.1. The fraction of sp³-hybridized carbons (Fsp3) is 0.111. The summed E-state index contributed by atoms with van der Waals surface area (Å²) in [6, 6.07) is 4.28. The van der Waals surface area contributed by atoms with E-state index in [9.17, 15) is 8.78 Å². The van der Waals surface area contributed by atoms with Crippen molar-refractivity contribution in [2.75, 3.05) is 0 Å². The van der Waals surface area contributed by atoms with Crippen LogP contribution in [0.5, 0.6) is 5.75 Å². The minimum absolute atomic E-state index is 0.0132. The maximum Gasteiger partial charge on any atom is 0.419 e. The van der Waals surface area contributed by atoms with Crippen LogP contribution in [0.4, 0.5) is 8.78 Å².